The average molecular weight is 360 g/mol. The van der Waals surface area contributed by atoms with Crippen LogP contribution >= 0.6 is 27.5 Å². The highest BCUT2D eigenvalue weighted by Crippen LogP contribution is 2.30. The van der Waals surface area contributed by atoms with Gasteiger partial charge in [0.15, 0.2) is 11.5 Å². The van der Waals surface area contributed by atoms with Crippen molar-refractivity contribution in [3.8, 4) is 11.5 Å². The van der Waals surface area contributed by atoms with Crippen LogP contribution in [0.25, 0.3) is 0 Å². The van der Waals surface area contributed by atoms with E-state index in [9.17, 15) is 4.39 Å². The first-order valence-corrected chi connectivity index (χ1v) is 7.43. The van der Waals surface area contributed by atoms with Crippen molar-refractivity contribution >= 4 is 27.5 Å². The zero-order valence-corrected chi connectivity index (χ0v) is 13.2. The Bertz CT molecular complexity index is 604. The van der Waals surface area contributed by atoms with Gasteiger partial charge in [0, 0.05) is 10.9 Å². The molecule has 20 heavy (non-hydrogen) atoms. The van der Waals surface area contributed by atoms with Gasteiger partial charge in [0.2, 0.25) is 0 Å². The standard InChI is InChI=1S/C15H13BrClFO2/c1-19-14-5-2-10(8-16)6-15(14)20-9-11-3-4-12(18)7-13(11)17/h2-7H,8-9H2,1H3. The molecule has 0 bridgehead atoms. The molecular formula is C15H13BrClFO2. The van der Waals surface area contributed by atoms with Gasteiger partial charge in [0.1, 0.15) is 12.4 Å². The summed E-state index contributed by atoms with van der Waals surface area (Å²) in [4.78, 5) is 0. The summed E-state index contributed by atoms with van der Waals surface area (Å²) >= 11 is 9.36. The Balaban J connectivity index is 2.17. The molecule has 2 aromatic carbocycles. The third-order valence-corrected chi connectivity index (χ3v) is 3.78. The third kappa shape index (κ3) is 3.64. The van der Waals surface area contributed by atoms with Crippen molar-refractivity contribution in [3.63, 3.8) is 0 Å². The lowest BCUT2D eigenvalue weighted by Gasteiger charge is -2.12. The second-order valence-electron chi connectivity index (χ2n) is 4.14. The van der Waals surface area contributed by atoms with Gasteiger partial charge in [-0.1, -0.05) is 39.7 Å². The van der Waals surface area contributed by atoms with Crippen LogP contribution in [0.5, 0.6) is 11.5 Å². The molecule has 0 aliphatic heterocycles. The van der Waals surface area contributed by atoms with Gasteiger partial charge < -0.3 is 9.47 Å². The van der Waals surface area contributed by atoms with E-state index in [-0.39, 0.29) is 12.4 Å². The van der Waals surface area contributed by atoms with E-state index in [1.165, 1.54) is 12.1 Å². The van der Waals surface area contributed by atoms with Crippen molar-refractivity contribution in [1.82, 2.24) is 0 Å². The number of hydrogen-bond donors (Lipinski definition) is 0. The van der Waals surface area contributed by atoms with E-state index < -0.39 is 0 Å². The fourth-order valence-corrected chi connectivity index (χ4v) is 2.28. The van der Waals surface area contributed by atoms with Crippen molar-refractivity contribution in [3.05, 3.63) is 58.4 Å². The lowest BCUT2D eigenvalue weighted by atomic mass is 10.2. The van der Waals surface area contributed by atoms with Gasteiger partial charge in [-0.05, 0) is 29.8 Å². The molecule has 0 spiro atoms. The summed E-state index contributed by atoms with van der Waals surface area (Å²) in [5.41, 5.74) is 1.80. The fourth-order valence-electron chi connectivity index (χ4n) is 1.71. The zero-order valence-electron chi connectivity index (χ0n) is 10.8. The first kappa shape index (κ1) is 15.1. The summed E-state index contributed by atoms with van der Waals surface area (Å²) in [6, 6.07) is 9.93. The molecule has 0 saturated carbocycles. The maximum Gasteiger partial charge on any atom is 0.161 e. The van der Waals surface area contributed by atoms with E-state index in [1.807, 2.05) is 18.2 Å². The Morgan fingerprint density at radius 2 is 1.95 bits per heavy atom. The zero-order chi connectivity index (χ0) is 14.5. The number of rotatable bonds is 5. The molecule has 0 amide bonds. The van der Waals surface area contributed by atoms with Crippen LogP contribution in [-0.2, 0) is 11.9 Å². The fraction of sp³-hybridized carbons (Fsp3) is 0.200. The van der Waals surface area contributed by atoms with E-state index in [1.54, 1.807) is 13.2 Å². The van der Waals surface area contributed by atoms with Crippen LogP contribution in [0.4, 0.5) is 4.39 Å². The second-order valence-corrected chi connectivity index (χ2v) is 5.11. The quantitative estimate of drug-likeness (QED) is 0.702. The third-order valence-electron chi connectivity index (χ3n) is 2.78. The lowest BCUT2D eigenvalue weighted by molar-refractivity contribution is 0.284. The first-order valence-electron chi connectivity index (χ1n) is 5.93. The van der Waals surface area contributed by atoms with Crippen molar-refractivity contribution < 1.29 is 13.9 Å². The van der Waals surface area contributed by atoms with E-state index in [0.717, 1.165) is 16.5 Å². The maximum absolute atomic E-state index is 13.0. The van der Waals surface area contributed by atoms with Gasteiger partial charge in [0.05, 0.1) is 12.1 Å². The van der Waals surface area contributed by atoms with Crippen LogP contribution in [0.3, 0.4) is 0 Å². The molecule has 0 fully saturated rings. The van der Waals surface area contributed by atoms with Crippen molar-refractivity contribution in [1.29, 1.82) is 0 Å². The minimum Gasteiger partial charge on any atom is -0.493 e. The Morgan fingerprint density at radius 1 is 1.15 bits per heavy atom. The molecule has 0 atom stereocenters. The Kier molecular flexibility index (Phi) is 5.26. The molecule has 0 aromatic heterocycles. The molecule has 2 aromatic rings. The number of benzene rings is 2. The van der Waals surface area contributed by atoms with Gasteiger partial charge in [-0.3, -0.25) is 0 Å². The summed E-state index contributed by atoms with van der Waals surface area (Å²) in [7, 11) is 1.58. The molecule has 0 unspecified atom stereocenters. The first-order chi connectivity index (χ1) is 9.63. The summed E-state index contributed by atoms with van der Waals surface area (Å²) in [5, 5.41) is 1.07. The predicted molar refractivity (Wildman–Crippen MR) is 81.4 cm³/mol. The largest absolute Gasteiger partial charge is 0.493 e. The number of methoxy groups -OCH3 is 1. The minimum absolute atomic E-state index is 0.251. The van der Waals surface area contributed by atoms with Gasteiger partial charge in [-0.2, -0.15) is 0 Å². The van der Waals surface area contributed by atoms with Gasteiger partial charge in [-0.25, -0.2) is 4.39 Å². The van der Waals surface area contributed by atoms with Crippen molar-refractivity contribution in [2.24, 2.45) is 0 Å². The summed E-state index contributed by atoms with van der Waals surface area (Å²) in [6.45, 7) is 0.251. The summed E-state index contributed by atoms with van der Waals surface area (Å²) < 4.78 is 24.0. The van der Waals surface area contributed by atoms with E-state index in [2.05, 4.69) is 15.9 Å². The van der Waals surface area contributed by atoms with Gasteiger partial charge >= 0.3 is 0 Å². The van der Waals surface area contributed by atoms with E-state index >= 15 is 0 Å². The minimum atomic E-state index is -0.363. The highest BCUT2D eigenvalue weighted by Gasteiger charge is 2.08. The second kappa shape index (κ2) is 6.95. The molecular weight excluding hydrogens is 347 g/mol. The number of hydrogen-bond acceptors (Lipinski definition) is 2. The van der Waals surface area contributed by atoms with Gasteiger partial charge in [0.25, 0.3) is 0 Å². The Labute approximate surface area is 130 Å². The number of halogens is 3. The van der Waals surface area contributed by atoms with Crippen molar-refractivity contribution in [2.45, 2.75) is 11.9 Å². The molecule has 0 radical (unpaired) electrons. The topological polar surface area (TPSA) is 18.5 Å². The summed E-state index contributed by atoms with van der Waals surface area (Å²) in [5.74, 6) is 0.912. The number of ether oxygens (including phenoxy) is 2. The van der Waals surface area contributed by atoms with E-state index in [4.69, 9.17) is 21.1 Å². The van der Waals surface area contributed by atoms with Gasteiger partial charge in [-0.15, -0.1) is 0 Å². The van der Waals surface area contributed by atoms with Crippen LogP contribution in [0.15, 0.2) is 36.4 Å². The molecule has 0 saturated heterocycles. The number of alkyl halides is 1. The SMILES string of the molecule is COc1ccc(CBr)cc1OCc1ccc(F)cc1Cl. The molecule has 0 aliphatic rings. The normalized spacial score (nSPS) is 10.4. The smallest absolute Gasteiger partial charge is 0.161 e. The molecule has 0 aliphatic carbocycles. The van der Waals surface area contributed by atoms with E-state index in [0.29, 0.717) is 16.5 Å². The summed E-state index contributed by atoms with van der Waals surface area (Å²) in [6.07, 6.45) is 0. The Hall–Kier alpha value is -1.26. The van der Waals surface area contributed by atoms with Crippen LogP contribution in [0, 0.1) is 5.82 Å². The molecule has 0 N–H and O–H groups in total. The Morgan fingerprint density at radius 3 is 2.60 bits per heavy atom. The van der Waals surface area contributed by atoms with Crippen LogP contribution in [0.2, 0.25) is 5.02 Å². The molecule has 2 nitrogen and oxygen atoms in total. The molecule has 106 valence electrons. The monoisotopic (exact) mass is 358 g/mol. The lowest BCUT2D eigenvalue weighted by Crippen LogP contribution is -1.99. The molecule has 2 rings (SSSR count). The highest BCUT2D eigenvalue weighted by atomic mass is 79.9. The predicted octanol–water partition coefficient (Wildman–Crippen LogP) is 4.96. The average Bonchev–Trinajstić information content (AvgIpc) is 2.46. The molecule has 5 heteroatoms. The molecule has 0 heterocycles. The van der Waals surface area contributed by atoms with Crippen molar-refractivity contribution in [2.75, 3.05) is 7.11 Å². The van der Waals surface area contributed by atoms with Crippen LogP contribution in [-0.4, -0.2) is 7.11 Å². The van der Waals surface area contributed by atoms with Crippen LogP contribution in [0.1, 0.15) is 11.1 Å². The maximum atomic E-state index is 13.0. The highest BCUT2D eigenvalue weighted by molar-refractivity contribution is 9.08. The van der Waals surface area contributed by atoms with Crippen LogP contribution < -0.4 is 9.47 Å².